The summed E-state index contributed by atoms with van der Waals surface area (Å²) in [7, 11) is 0. The van der Waals surface area contributed by atoms with Gasteiger partial charge in [0, 0.05) is 44.6 Å². The Morgan fingerprint density at radius 3 is 2.42 bits per heavy atom. The summed E-state index contributed by atoms with van der Waals surface area (Å²) in [6.45, 7) is -3.65. The lowest BCUT2D eigenvalue weighted by Crippen LogP contribution is -2.48. The Morgan fingerprint density at radius 1 is 1.19 bits per heavy atom. The van der Waals surface area contributed by atoms with Gasteiger partial charge in [-0.2, -0.15) is 0 Å². The topological polar surface area (TPSA) is 43.8 Å². The van der Waals surface area contributed by atoms with Gasteiger partial charge < -0.3 is 14.9 Å². The van der Waals surface area contributed by atoms with Crippen molar-refractivity contribution in [3.05, 3.63) is 66.2 Å². The minimum atomic E-state index is -2.36. The summed E-state index contributed by atoms with van der Waals surface area (Å²) in [6, 6.07) is 17.5. The molecule has 0 saturated carbocycles. The Kier molecular flexibility index (Phi) is 4.51. The van der Waals surface area contributed by atoms with Gasteiger partial charge in [0.1, 0.15) is 0 Å². The fraction of sp³-hybridized carbons (Fsp3) is 0.409. The summed E-state index contributed by atoms with van der Waals surface area (Å²) in [5.74, 6) is -0.461. The monoisotopic (exact) mass is 357 g/mol. The molecule has 1 heterocycles. The van der Waals surface area contributed by atoms with Crippen molar-refractivity contribution in [2.75, 3.05) is 24.5 Å². The third-order valence-electron chi connectivity index (χ3n) is 4.70. The third-order valence-corrected chi connectivity index (χ3v) is 4.70. The molecule has 1 saturated heterocycles. The van der Waals surface area contributed by atoms with Crippen molar-refractivity contribution in [1.82, 2.24) is 4.90 Å². The van der Waals surface area contributed by atoms with Gasteiger partial charge in [-0.3, -0.25) is 4.79 Å². The van der Waals surface area contributed by atoms with Gasteiger partial charge in [0.2, 0.25) is 5.91 Å². The van der Waals surface area contributed by atoms with E-state index in [4.69, 9.17) is 6.85 Å². The first-order chi connectivity index (χ1) is 14.6. The molecule has 0 aromatic heterocycles. The Bertz CT molecular complexity index is 853. The van der Waals surface area contributed by atoms with E-state index >= 15 is 0 Å². The van der Waals surface area contributed by atoms with Crippen LogP contribution >= 0.6 is 0 Å². The lowest BCUT2D eigenvalue weighted by Gasteiger charge is -2.39. The van der Waals surface area contributed by atoms with Crippen LogP contribution in [0.25, 0.3) is 0 Å². The number of aliphatic hydroxyl groups excluding tert-OH is 1. The van der Waals surface area contributed by atoms with Crippen LogP contribution in [0.1, 0.15) is 44.6 Å². The molecule has 0 spiro atoms. The molecular weight excluding hydrogens is 324 g/mol. The first kappa shape index (κ1) is 13.1. The van der Waals surface area contributed by atoms with Crippen LogP contribution in [0.3, 0.4) is 0 Å². The van der Waals surface area contributed by atoms with Crippen LogP contribution in [0.4, 0.5) is 5.69 Å². The number of para-hydroxylation sites is 1. The highest BCUT2D eigenvalue weighted by Crippen LogP contribution is 2.25. The average Bonchev–Trinajstić information content (AvgIpc) is 2.74. The highest BCUT2D eigenvalue weighted by Gasteiger charge is 2.29. The number of likely N-dealkylation sites (tertiary alicyclic amines) is 1. The predicted molar refractivity (Wildman–Crippen MR) is 105 cm³/mol. The number of β-amino-alcohol motifs (C(OH)–C–C–N with tert-alkyl or cyclic N) is 1. The second kappa shape index (κ2) is 8.97. The van der Waals surface area contributed by atoms with Gasteiger partial charge in [-0.1, -0.05) is 55.4 Å². The van der Waals surface area contributed by atoms with Crippen molar-refractivity contribution < 1.29 is 16.8 Å². The molecule has 1 aliphatic rings. The number of benzene rings is 2. The number of anilines is 1. The van der Waals surface area contributed by atoms with Gasteiger partial charge >= 0.3 is 0 Å². The highest BCUT2D eigenvalue weighted by molar-refractivity contribution is 5.93. The molecule has 2 aromatic rings. The molecule has 1 atom stereocenters. The molecule has 0 bridgehead atoms. The van der Waals surface area contributed by atoms with Crippen molar-refractivity contribution in [3.8, 4) is 0 Å². The van der Waals surface area contributed by atoms with Crippen LogP contribution in [0.15, 0.2) is 60.7 Å². The van der Waals surface area contributed by atoms with E-state index in [1.54, 1.807) is 58.3 Å². The molecule has 4 heteroatoms. The highest BCUT2D eigenvalue weighted by atomic mass is 16.3. The molecule has 1 fully saturated rings. The number of piperidine rings is 1. The summed E-state index contributed by atoms with van der Waals surface area (Å²) in [5, 5.41) is 10.6. The largest absolute Gasteiger partial charge is 0.387 e. The molecule has 1 N–H and O–H groups in total. The second-order valence-corrected chi connectivity index (χ2v) is 6.44. The number of carbonyl (C=O) groups is 1. The Morgan fingerprint density at radius 2 is 1.81 bits per heavy atom. The van der Waals surface area contributed by atoms with Crippen LogP contribution < -0.4 is 4.90 Å². The molecule has 138 valence electrons. The standard InChI is InChI=1S/C22H28N2O2/c1-2-22(26)24(19-11-7-4-8-12-19)20-13-15-23(16-14-20)17-21(25)18-9-5-3-6-10-18/h3-12,20-21,25H,2,13-17H2,1H3/i1D3,17D2. The van der Waals surface area contributed by atoms with E-state index < -0.39 is 31.8 Å². The third kappa shape index (κ3) is 4.51. The van der Waals surface area contributed by atoms with Gasteiger partial charge in [-0.25, -0.2) is 0 Å². The van der Waals surface area contributed by atoms with Gasteiger partial charge in [0.25, 0.3) is 0 Å². The molecule has 1 amide bonds. The van der Waals surface area contributed by atoms with Gasteiger partial charge in [0.15, 0.2) is 0 Å². The SMILES string of the molecule is [2H]C([2H])([2H])CC(=O)N(c1ccccc1)C1CCN(C([2H])([2H])C(O)c2ccccc2)CC1. The van der Waals surface area contributed by atoms with Gasteiger partial charge in [-0.15, -0.1) is 0 Å². The zero-order valence-electron chi connectivity index (χ0n) is 19.7. The summed E-state index contributed by atoms with van der Waals surface area (Å²) in [4.78, 5) is 16.0. The Balaban J connectivity index is 1.74. The molecule has 0 radical (unpaired) electrons. The molecule has 1 aliphatic heterocycles. The number of hydrogen-bond acceptors (Lipinski definition) is 3. The lowest BCUT2D eigenvalue weighted by molar-refractivity contribution is -0.119. The Hall–Kier alpha value is -2.17. The summed E-state index contributed by atoms with van der Waals surface area (Å²) >= 11 is 0. The van der Waals surface area contributed by atoms with Gasteiger partial charge in [0.05, 0.1) is 6.10 Å². The maximum absolute atomic E-state index is 12.9. The van der Waals surface area contributed by atoms with E-state index in [1.165, 1.54) is 0 Å². The van der Waals surface area contributed by atoms with Crippen LogP contribution in [0.2, 0.25) is 0 Å². The number of rotatable bonds is 6. The van der Waals surface area contributed by atoms with Crippen molar-refractivity contribution >= 4 is 11.6 Å². The second-order valence-electron chi connectivity index (χ2n) is 6.44. The molecule has 2 aromatic carbocycles. The van der Waals surface area contributed by atoms with Crippen LogP contribution in [0.5, 0.6) is 0 Å². The number of hydrogen-bond donors (Lipinski definition) is 1. The number of carbonyl (C=O) groups excluding carboxylic acids is 1. The smallest absolute Gasteiger partial charge is 0.226 e. The lowest BCUT2D eigenvalue weighted by atomic mass is 10.0. The van der Waals surface area contributed by atoms with E-state index in [1.807, 2.05) is 12.1 Å². The van der Waals surface area contributed by atoms with E-state index in [0.29, 0.717) is 37.2 Å². The quantitative estimate of drug-likeness (QED) is 0.859. The van der Waals surface area contributed by atoms with E-state index in [-0.39, 0.29) is 6.04 Å². The van der Waals surface area contributed by atoms with Crippen molar-refractivity contribution in [2.24, 2.45) is 0 Å². The minimum Gasteiger partial charge on any atom is -0.387 e. The van der Waals surface area contributed by atoms with E-state index in [0.717, 1.165) is 0 Å². The first-order valence-corrected chi connectivity index (χ1v) is 8.95. The summed E-state index contributed by atoms with van der Waals surface area (Å²) < 4.78 is 39.4. The number of nitrogens with zero attached hydrogens (tertiary/aromatic N) is 2. The van der Waals surface area contributed by atoms with Crippen molar-refractivity contribution in [3.63, 3.8) is 0 Å². The van der Waals surface area contributed by atoms with Crippen LogP contribution in [-0.2, 0) is 4.79 Å². The summed E-state index contributed by atoms with van der Waals surface area (Å²) in [6.07, 6.45) is -0.895. The van der Waals surface area contributed by atoms with Gasteiger partial charge in [-0.05, 0) is 30.5 Å². The number of amides is 1. The molecule has 0 aliphatic carbocycles. The molecule has 4 nitrogen and oxygen atoms in total. The average molecular weight is 358 g/mol. The maximum Gasteiger partial charge on any atom is 0.226 e. The van der Waals surface area contributed by atoms with E-state index in [2.05, 4.69) is 0 Å². The van der Waals surface area contributed by atoms with E-state index in [9.17, 15) is 9.90 Å². The first-order valence-electron chi connectivity index (χ1n) is 11.4. The fourth-order valence-electron chi connectivity index (χ4n) is 3.37. The van der Waals surface area contributed by atoms with Crippen LogP contribution in [0, 0.1) is 0 Å². The fourth-order valence-corrected chi connectivity index (χ4v) is 3.37. The maximum atomic E-state index is 12.9. The Labute approximate surface area is 163 Å². The summed E-state index contributed by atoms with van der Waals surface area (Å²) in [5.41, 5.74) is 1.15. The minimum absolute atomic E-state index is 0.238. The predicted octanol–water partition coefficient (Wildman–Crippen LogP) is 3.63. The van der Waals surface area contributed by atoms with Crippen LogP contribution in [-0.4, -0.2) is 41.5 Å². The zero-order valence-corrected chi connectivity index (χ0v) is 14.7. The van der Waals surface area contributed by atoms with Crippen molar-refractivity contribution in [2.45, 2.75) is 38.3 Å². The number of aliphatic hydroxyl groups is 1. The molecule has 1 unspecified atom stereocenters. The molecular formula is C22H28N2O2. The van der Waals surface area contributed by atoms with Crippen molar-refractivity contribution in [1.29, 1.82) is 0 Å². The zero-order chi connectivity index (χ0) is 22.6. The molecule has 26 heavy (non-hydrogen) atoms. The normalized spacial score (nSPS) is 20.9. The molecule has 3 rings (SSSR count).